The summed E-state index contributed by atoms with van der Waals surface area (Å²) in [6.45, 7) is 3.28. The number of carbonyl (C=O) groups excluding carboxylic acids is 1. The average molecular weight is 257 g/mol. The Morgan fingerprint density at radius 3 is 2.61 bits per heavy atom. The minimum atomic E-state index is -0.737. The molecule has 0 radical (unpaired) electrons. The van der Waals surface area contributed by atoms with Gasteiger partial charge in [-0.05, 0) is 26.2 Å². The van der Waals surface area contributed by atoms with Crippen molar-refractivity contribution in [1.29, 1.82) is 0 Å². The molecule has 1 fully saturated rings. The summed E-state index contributed by atoms with van der Waals surface area (Å²) < 4.78 is 5.35. The Morgan fingerprint density at radius 2 is 2.00 bits per heavy atom. The van der Waals surface area contributed by atoms with E-state index in [9.17, 15) is 9.59 Å². The first-order chi connectivity index (χ1) is 8.61. The largest absolute Gasteiger partial charge is 0.481 e. The van der Waals surface area contributed by atoms with Gasteiger partial charge in [0, 0.05) is 19.6 Å². The SMILES string of the molecule is CC1OCCC1C(=O)NCCCCCCC(=O)O. The predicted molar refractivity (Wildman–Crippen MR) is 67.3 cm³/mol. The van der Waals surface area contributed by atoms with Crippen LogP contribution in [0.1, 0.15) is 45.4 Å². The number of amides is 1. The summed E-state index contributed by atoms with van der Waals surface area (Å²) in [5.74, 6) is -0.652. The van der Waals surface area contributed by atoms with Crippen molar-refractivity contribution in [3.05, 3.63) is 0 Å². The molecule has 1 heterocycles. The summed E-state index contributed by atoms with van der Waals surface area (Å²) in [5, 5.41) is 11.4. The van der Waals surface area contributed by atoms with Gasteiger partial charge < -0.3 is 15.2 Å². The monoisotopic (exact) mass is 257 g/mol. The van der Waals surface area contributed by atoms with E-state index in [4.69, 9.17) is 9.84 Å². The molecule has 1 aliphatic heterocycles. The molecule has 0 aliphatic carbocycles. The van der Waals surface area contributed by atoms with Gasteiger partial charge in [-0.2, -0.15) is 0 Å². The summed E-state index contributed by atoms with van der Waals surface area (Å²) in [7, 11) is 0. The number of rotatable bonds is 8. The number of nitrogens with one attached hydrogen (secondary N) is 1. The fourth-order valence-electron chi connectivity index (χ4n) is 2.17. The minimum Gasteiger partial charge on any atom is -0.481 e. The van der Waals surface area contributed by atoms with Gasteiger partial charge in [-0.15, -0.1) is 0 Å². The van der Waals surface area contributed by atoms with E-state index < -0.39 is 5.97 Å². The van der Waals surface area contributed by atoms with Crippen LogP contribution in [0.25, 0.3) is 0 Å². The molecule has 0 saturated carbocycles. The first-order valence-electron chi connectivity index (χ1n) is 6.72. The van der Waals surface area contributed by atoms with E-state index >= 15 is 0 Å². The van der Waals surface area contributed by atoms with E-state index in [0.717, 1.165) is 32.1 Å². The number of ether oxygens (including phenoxy) is 1. The third kappa shape index (κ3) is 5.49. The maximum atomic E-state index is 11.8. The molecule has 18 heavy (non-hydrogen) atoms. The lowest BCUT2D eigenvalue weighted by atomic mass is 10.0. The van der Waals surface area contributed by atoms with E-state index in [1.54, 1.807) is 0 Å². The molecule has 0 bridgehead atoms. The zero-order valence-electron chi connectivity index (χ0n) is 11.0. The number of unbranched alkanes of at least 4 members (excludes halogenated alkanes) is 3. The number of carboxylic acid groups (broad SMARTS) is 1. The van der Waals surface area contributed by atoms with Gasteiger partial charge in [-0.1, -0.05) is 12.8 Å². The van der Waals surface area contributed by atoms with Crippen LogP contribution in [-0.4, -0.2) is 36.2 Å². The van der Waals surface area contributed by atoms with Crippen LogP contribution >= 0.6 is 0 Å². The van der Waals surface area contributed by atoms with Gasteiger partial charge in [0.05, 0.1) is 12.0 Å². The molecule has 104 valence electrons. The summed E-state index contributed by atoms with van der Waals surface area (Å²) in [4.78, 5) is 22.1. The fraction of sp³-hybridized carbons (Fsp3) is 0.846. The second-order valence-electron chi connectivity index (χ2n) is 4.82. The second-order valence-corrected chi connectivity index (χ2v) is 4.82. The van der Waals surface area contributed by atoms with E-state index in [1.165, 1.54) is 0 Å². The third-order valence-corrected chi connectivity index (χ3v) is 3.33. The van der Waals surface area contributed by atoms with Crippen LogP contribution in [0.5, 0.6) is 0 Å². The molecule has 0 aromatic carbocycles. The molecule has 0 spiro atoms. The van der Waals surface area contributed by atoms with Gasteiger partial charge in [-0.25, -0.2) is 0 Å². The molecule has 1 saturated heterocycles. The molecule has 0 aromatic heterocycles. The van der Waals surface area contributed by atoms with Crippen molar-refractivity contribution >= 4 is 11.9 Å². The molecule has 1 aliphatic rings. The van der Waals surface area contributed by atoms with Gasteiger partial charge >= 0.3 is 5.97 Å². The summed E-state index contributed by atoms with van der Waals surface area (Å²) in [6.07, 6.45) is 4.58. The Hall–Kier alpha value is -1.10. The van der Waals surface area contributed by atoms with E-state index in [-0.39, 0.29) is 24.3 Å². The number of carbonyl (C=O) groups is 2. The zero-order valence-corrected chi connectivity index (χ0v) is 11.0. The van der Waals surface area contributed by atoms with Gasteiger partial charge in [0.25, 0.3) is 0 Å². The van der Waals surface area contributed by atoms with Crippen molar-refractivity contribution in [2.45, 2.75) is 51.6 Å². The summed E-state index contributed by atoms with van der Waals surface area (Å²) in [5.41, 5.74) is 0. The van der Waals surface area contributed by atoms with Crippen molar-refractivity contribution in [1.82, 2.24) is 5.32 Å². The van der Waals surface area contributed by atoms with Crippen molar-refractivity contribution in [2.24, 2.45) is 5.92 Å². The lowest BCUT2D eigenvalue weighted by Crippen LogP contribution is -2.34. The standard InChI is InChI=1S/C13H23NO4/c1-10-11(7-9-18-10)13(17)14-8-5-3-2-4-6-12(15)16/h10-11H,2-9H2,1H3,(H,14,17)(H,15,16). The highest BCUT2D eigenvalue weighted by molar-refractivity contribution is 5.79. The van der Waals surface area contributed by atoms with E-state index in [0.29, 0.717) is 13.2 Å². The normalized spacial score (nSPS) is 22.9. The Bertz CT molecular complexity index is 280. The highest BCUT2D eigenvalue weighted by atomic mass is 16.5. The van der Waals surface area contributed by atoms with Crippen molar-refractivity contribution in [3.8, 4) is 0 Å². The smallest absolute Gasteiger partial charge is 0.303 e. The fourth-order valence-corrected chi connectivity index (χ4v) is 2.17. The maximum absolute atomic E-state index is 11.8. The highest BCUT2D eigenvalue weighted by Gasteiger charge is 2.30. The molecule has 2 N–H and O–H groups in total. The van der Waals surface area contributed by atoms with Gasteiger partial charge in [-0.3, -0.25) is 9.59 Å². The molecule has 2 unspecified atom stereocenters. The van der Waals surface area contributed by atoms with Crippen LogP contribution in [0.15, 0.2) is 0 Å². The minimum absolute atomic E-state index is 0.00277. The Morgan fingerprint density at radius 1 is 1.28 bits per heavy atom. The van der Waals surface area contributed by atoms with Crippen molar-refractivity contribution in [3.63, 3.8) is 0 Å². The zero-order chi connectivity index (χ0) is 13.4. The van der Waals surface area contributed by atoms with Gasteiger partial charge in [0.15, 0.2) is 0 Å². The Labute approximate surface area is 108 Å². The second kappa shape index (κ2) is 8.08. The Balaban J connectivity index is 1.97. The molecule has 0 aromatic rings. The maximum Gasteiger partial charge on any atom is 0.303 e. The van der Waals surface area contributed by atoms with Gasteiger partial charge in [0.1, 0.15) is 0 Å². The average Bonchev–Trinajstić information content (AvgIpc) is 2.73. The highest BCUT2D eigenvalue weighted by Crippen LogP contribution is 2.20. The predicted octanol–water partition coefficient (Wildman–Crippen LogP) is 1.56. The lowest BCUT2D eigenvalue weighted by molar-refractivity contribution is -0.137. The molecule has 5 heteroatoms. The number of hydrogen-bond donors (Lipinski definition) is 2. The topological polar surface area (TPSA) is 75.6 Å². The van der Waals surface area contributed by atoms with Crippen LogP contribution < -0.4 is 5.32 Å². The number of carboxylic acids is 1. The van der Waals surface area contributed by atoms with Crippen LogP contribution in [0.4, 0.5) is 0 Å². The third-order valence-electron chi connectivity index (χ3n) is 3.33. The van der Waals surface area contributed by atoms with E-state index in [1.807, 2.05) is 6.92 Å². The molecule has 2 atom stereocenters. The molecule has 1 rings (SSSR count). The van der Waals surface area contributed by atoms with Crippen molar-refractivity contribution in [2.75, 3.05) is 13.2 Å². The molecule has 1 amide bonds. The summed E-state index contributed by atoms with van der Waals surface area (Å²) in [6, 6.07) is 0. The quantitative estimate of drug-likeness (QED) is 0.647. The van der Waals surface area contributed by atoms with Gasteiger partial charge in [0.2, 0.25) is 5.91 Å². The first kappa shape index (κ1) is 15.0. The Kier molecular flexibility index (Phi) is 6.72. The van der Waals surface area contributed by atoms with Crippen LogP contribution in [0, 0.1) is 5.92 Å². The van der Waals surface area contributed by atoms with Crippen LogP contribution in [0.3, 0.4) is 0 Å². The lowest BCUT2D eigenvalue weighted by Gasteiger charge is -2.13. The first-order valence-corrected chi connectivity index (χ1v) is 6.72. The van der Waals surface area contributed by atoms with E-state index in [2.05, 4.69) is 5.32 Å². The van der Waals surface area contributed by atoms with Crippen LogP contribution in [0.2, 0.25) is 0 Å². The number of hydrogen-bond acceptors (Lipinski definition) is 3. The van der Waals surface area contributed by atoms with Crippen molar-refractivity contribution < 1.29 is 19.4 Å². The summed E-state index contributed by atoms with van der Waals surface area (Å²) >= 11 is 0. The van der Waals surface area contributed by atoms with Crippen LogP contribution in [-0.2, 0) is 14.3 Å². The molecular formula is C13H23NO4. The molecular weight excluding hydrogens is 234 g/mol. The molecule has 5 nitrogen and oxygen atoms in total. The number of aliphatic carboxylic acids is 1.